The zero-order chi connectivity index (χ0) is 22.0. The molecule has 0 heterocycles. The minimum Gasteiger partial charge on any atom is -0.271 e. The minimum absolute atomic E-state index is 0.154. The molecule has 0 radical (unpaired) electrons. The monoisotopic (exact) mass is 477 g/mol. The lowest BCUT2D eigenvalue weighted by atomic mass is 10.1. The van der Waals surface area contributed by atoms with Gasteiger partial charge in [-0.25, -0.2) is 0 Å². The fourth-order valence-electron chi connectivity index (χ4n) is 2.12. The molecular formula is C16H8Cl3F6N3O. The molecule has 0 unspecified atom stereocenters. The molecule has 0 bridgehead atoms. The quantitative estimate of drug-likeness (QED) is 0.197. The van der Waals surface area contributed by atoms with Crippen LogP contribution in [0.15, 0.2) is 46.7 Å². The van der Waals surface area contributed by atoms with Gasteiger partial charge < -0.3 is 0 Å². The third kappa shape index (κ3) is 5.74. The van der Waals surface area contributed by atoms with Crippen molar-refractivity contribution in [2.24, 2.45) is 10.3 Å². The van der Waals surface area contributed by atoms with Crippen LogP contribution in [0.5, 0.6) is 0 Å². The summed E-state index contributed by atoms with van der Waals surface area (Å²) in [6.07, 6.45) is -9.82. The Morgan fingerprint density at radius 1 is 0.897 bits per heavy atom. The molecule has 0 fully saturated rings. The van der Waals surface area contributed by atoms with Crippen molar-refractivity contribution in [1.82, 2.24) is 0 Å². The SMILES string of the molecule is O=C(CCl)N(N=Nc1ccc(Cl)cc1C(F)(F)F)c1ccc(Cl)cc1C(F)(F)F. The molecule has 4 nitrogen and oxygen atoms in total. The van der Waals surface area contributed by atoms with Gasteiger partial charge in [0.05, 0.1) is 22.5 Å². The first-order chi connectivity index (χ1) is 13.3. The van der Waals surface area contributed by atoms with Crippen molar-refractivity contribution >= 4 is 52.1 Å². The van der Waals surface area contributed by atoms with Crippen molar-refractivity contribution in [2.75, 3.05) is 10.9 Å². The van der Waals surface area contributed by atoms with Gasteiger partial charge in [0.2, 0.25) is 0 Å². The topological polar surface area (TPSA) is 45.0 Å². The Kier molecular flexibility index (Phi) is 7.02. The molecule has 2 aromatic rings. The largest absolute Gasteiger partial charge is 0.418 e. The summed E-state index contributed by atoms with van der Waals surface area (Å²) >= 11 is 16.5. The fourth-order valence-corrected chi connectivity index (χ4v) is 2.58. The molecule has 0 spiro atoms. The van der Waals surface area contributed by atoms with E-state index in [4.69, 9.17) is 34.8 Å². The predicted molar refractivity (Wildman–Crippen MR) is 95.6 cm³/mol. The standard InChI is InChI=1S/C16H8Cl3F6N3O/c17-7-14(29)28(13-4-2-9(19)6-11(13)16(23,24)25)27-26-12-3-1-8(18)5-10(12)15(20,21)22/h1-6H,7H2. The number of nitrogens with zero attached hydrogens (tertiary/aromatic N) is 3. The summed E-state index contributed by atoms with van der Waals surface area (Å²) in [7, 11) is 0. The number of alkyl halides is 7. The summed E-state index contributed by atoms with van der Waals surface area (Å²) in [5.74, 6) is -1.98. The first kappa shape index (κ1) is 23.2. The van der Waals surface area contributed by atoms with E-state index in [-0.39, 0.29) is 15.1 Å². The van der Waals surface area contributed by atoms with Crippen molar-refractivity contribution in [1.29, 1.82) is 0 Å². The van der Waals surface area contributed by atoms with Gasteiger partial charge in [-0.1, -0.05) is 28.4 Å². The van der Waals surface area contributed by atoms with Crippen LogP contribution in [0.3, 0.4) is 0 Å². The van der Waals surface area contributed by atoms with E-state index in [0.29, 0.717) is 12.1 Å². The highest BCUT2D eigenvalue weighted by Gasteiger charge is 2.37. The Labute approximate surface area is 174 Å². The van der Waals surface area contributed by atoms with Gasteiger partial charge in [-0.05, 0) is 36.4 Å². The zero-order valence-corrected chi connectivity index (χ0v) is 16.1. The Bertz CT molecular complexity index is 946. The van der Waals surface area contributed by atoms with Crippen LogP contribution in [-0.2, 0) is 17.1 Å². The Morgan fingerprint density at radius 3 is 1.93 bits per heavy atom. The lowest BCUT2D eigenvalue weighted by Gasteiger charge is -2.20. The number of amides is 1. The van der Waals surface area contributed by atoms with Gasteiger partial charge in [-0.15, -0.1) is 16.7 Å². The van der Waals surface area contributed by atoms with Crippen LogP contribution in [0.1, 0.15) is 11.1 Å². The number of hydrogen-bond acceptors (Lipinski definition) is 3. The van der Waals surface area contributed by atoms with Crippen LogP contribution in [0.2, 0.25) is 10.0 Å². The molecule has 2 aromatic carbocycles. The Balaban J connectivity index is 2.60. The van der Waals surface area contributed by atoms with Crippen LogP contribution in [0.25, 0.3) is 0 Å². The van der Waals surface area contributed by atoms with Crippen LogP contribution in [-0.4, -0.2) is 11.8 Å². The number of rotatable bonds is 4. The van der Waals surface area contributed by atoms with E-state index in [0.717, 1.165) is 24.3 Å². The van der Waals surface area contributed by atoms with Gasteiger partial charge in [0, 0.05) is 10.0 Å². The van der Waals surface area contributed by atoms with Crippen LogP contribution in [0, 0.1) is 0 Å². The number of carbonyl (C=O) groups is 1. The van der Waals surface area contributed by atoms with Gasteiger partial charge in [-0.3, -0.25) is 4.79 Å². The van der Waals surface area contributed by atoms with Crippen molar-refractivity contribution < 1.29 is 31.1 Å². The summed E-state index contributed by atoms with van der Waals surface area (Å²) in [5, 5.41) is 6.20. The summed E-state index contributed by atoms with van der Waals surface area (Å²) in [6, 6.07) is 4.88. The predicted octanol–water partition coefficient (Wildman–Crippen LogP) is 7.30. The summed E-state index contributed by atoms with van der Waals surface area (Å²) in [5.41, 5.74) is -4.22. The van der Waals surface area contributed by atoms with E-state index < -0.39 is 46.6 Å². The number of carbonyl (C=O) groups excluding carboxylic acids is 1. The second-order valence-electron chi connectivity index (χ2n) is 5.35. The van der Waals surface area contributed by atoms with Crippen molar-refractivity contribution in [3.05, 3.63) is 57.6 Å². The zero-order valence-electron chi connectivity index (χ0n) is 13.8. The molecule has 0 aliphatic carbocycles. The molecule has 0 saturated heterocycles. The molecule has 0 aliphatic rings. The fraction of sp³-hybridized carbons (Fsp3) is 0.188. The molecule has 1 amide bonds. The van der Waals surface area contributed by atoms with Crippen molar-refractivity contribution in [2.45, 2.75) is 12.4 Å². The summed E-state index contributed by atoms with van der Waals surface area (Å²) in [6.45, 7) is 0. The normalized spacial score (nSPS) is 12.4. The van der Waals surface area contributed by atoms with Crippen LogP contribution in [0.4, 0.5) is 37.7 Å². The second kappa shape index (κ2) is 8.76. The van der Waals surface area contributed by atoms with Crippen molar-refractivity contribution in [3.8, 4) is 0 Å². The van der Waals surface area contributed by atoms with E-state index in [1.807, 2.05) is 0 Å². The van der Waals surface area contributed by atoms with Gasteiger partial charge in [-0.2, -0.15) is 31.4 Å². The number of halogens is 9. The molecule has 13 heteroatoms. The highest BCUT2D eigenvalue weighted by atomic mass is 35.5. The van der Waals surface area contributed by atoms with Gasteiger partial charge in [0.25, 0.3) is 5.91 Å². The maximum Gasteiger partial charge on any atom is 0.418 e. The smallest absolute Gasteiger partial charge is 0.271 e. The molecule has 0 N–H and O–H groups in total. The van der Waals surface area contributed by atoms with E-state index in [9.17, 15) is 31.1 Å². The van der Waals surface area contributed by atoms with Crippen LogP contribution >= 0.6 is 34.8 Å². The van der Waals surface area contributed by atoms with E-state index in [1.54, 1.807) is 0 Å². The van der Waals surface area contributed by atoms with E-state index in [1.165, 1.54) is 0 Å². The summed E-state index contributed by atoms with van der Waals surface area (Å²) in [4.78, 5) is 12.0. The Morgan fingerprint density at radius 2 is 1.41 bits per heavy atom. The first-order valence-corrected chi connectivity index (χ1v) is 8.67. The van der Waals surface area contributed by atoms with E-state index >= 15 is 0 Å². The van der Waals surface area contributed by atoms with E-state index in [2.05, 4.69) is 10.3 Å². The van der Waals surface area contributed by atoms with Crippen molar-refractivity contribution in [3.63, 3.8) is 0 Å². The second-order valence-corrected chi connectivity index (χ2v) is 6.49. The molecule has 29 heavy (non-hydrogen) atoms. The highest BCUT2D eigenvalue weighted by molar-refractivity contribution is 6.31. The third-order valence-corrected chi connectivity index (χ3v) is 4.05. The average molecular weight is 479 g/mol. The maximum atomic E-state index is 13.3. The average Bonchev–Trinajstić information content (AvgIpc) is 2.61. The number of hydrogen-bond donors (Lipinski definition) is 0. The molecule has 2 rings (SSSR count). The lowest BCUT2D eigenvalue weighted by molar-refractivity contribution is -0.137. The lowest BCUT2D eigenvalue weighted by Crippen LogP contribution is -2.28. The molecule has 0 aliphatic heterocycles. The number of anilines is 1. The minimum atomic E-state index is -4.95. The number of benzene rings is 2. The molecule has 0 atom stereocenters. The van der Waals surface area contributed by atoms with Crippen LogP contribution < -0.4 is 5.01 Å². The Hall–Kier alpha value is -2.04. The van der Waals surface area contributed by atoms with Gasteiger partial charge >= 0.3 is 12.4 Å². The summed E-state index contributed by atoms with van der Waals surface area (Å²) < 4.78 is 79.4. The van der Waals surface area contributed by atoms with Gasteiger partial charge in [0.15, 0.2) is 0 Å². The van der Waals surface area contributed by atoms with Gasteiger partial charge in [0.1, 0.15) is 5.88 Å². The first-order valence-electron chi connectivity index (χ1n) is 7.38. The molecule has 0 aromatic heterocycles. The maximum absolute atomic E-state index is 13.3. The molecule has 0 saturated carbocycles. The molecular weight excluding hydrogens is 471 g/mol. The molecule has 156 valence electrons. The highest BCUT2D eigenvalue weighted by Crippen LogP contribution is 2.40. The third-order valence-electron chi connectivity index (χ3n) is 3.35.